The zero-order valence-electron chi connectivity index (χ0n) is 10.4. The van der Waals surface area contributed by atoms with E-state index in [1.165, 1.54) is 18.4 Å². The third-order valence-electron chi connectivity index (χ3n) is 3.03. The molecule has 1 fully saturated rings. The fraction of sp³-hybridized carbons (Fsp3) is 0.500. The second-order valence-electron chi connectivity index (χ2n) is 4.28. The first-order valence-corrected chi connectivity index (χ1v) is 6.07. The van der Waals surface area contributed by atoms with Crippen LogP contribution in [0.25, 0.3) is 0 Å². The Labute approximate surface area is 102 Å². The summed E-state index contributed by atoms with van der Waals surface area (Å²) >= 11 is 0. The van der Waals surface area contributed by atoms with Crippen molar-refractivity contribution in [3.05, 3.63) is 29.3 Å². The molecule has 0 aromatic heterocycles. The van der Waals surface area contributed by atoms with Gasteiger partial charge in [-0.15, -0.1) is 0 Å². The van der Waals surface area contributed by atoms with Gasteiger partial charge in [-0.05, 0) is 37.3 Å². The summed E-state index contributed by atoms with van der Waals surface area (Å²) in [5.74, 6) is 1.22. The third kappa shape index (κ3) is 2.78. The molecule has 1 aromatic rings. The monoisotopic (exact) mass is 234 g/mol. The number of carbonyl (C=O) groups excluding carboxylic acids is 1. The maximum absolute atomic E-state index is 11.6. The highest BCUT2D eigenvalue weighted by atomic mass is 16.5. The van der Waals surface area contributed by atoms with E-state index in [0.717, 1.165) is 11.3 Å². The molecule has 92 valence electrons. The van der Waals surface area contributed by atoms with Crippen molar-refractivity contribution in [3.8, 4) is 5.75 Å². The van der Waals surface area contributed by atoms with E-state index < -0.39 is 0 Å². The number of benzene rings is 1. The summed E-state index contributed by atoms with van der Waals surface area (Å²) in [6.45, 7) is 2.24. The molecule has 0 radical (unpaired) electrons. The average molecular weight is 234 g/mol. The van der Waals surface area contributed by atoms with Gasteiger partial charge in [-0.1, -0.05) is 12.1 Å². The highest BCUT2D eigenvalue weighted by molar-refractivity contribution is 5.74. The van der Waals surface area contributed by atoms with Gasteiger partial charge in [-0.3, -0.25) is 4.79 Å². The molecule has 1 aliphatic carbocycles. The van der Waals surface area contributed by atoms with Crippen LogP contribution in [0, 0.1) is 0 Å². The number of ether oxygens (including phenoxy) is 2. The van der Waals surface area contributed by atoms with Crippen molar-refractivity contribution in [1.82, 2.24) is 0 Å². The standard InChI is InChI=1S/C14H18O3/c1-3-17-14(15)9-12-11(10-7-8-10)5-4-6-13(12)16-2/h4-6,10H,3,7-9H2,1-2H3. The third-order valence-corrected chi connectivity index (χ3v) is 3.03. The lowest BCUT2D eigenvalue weighted by atomic mass is 9.99. The van der Waals surface area contributed by atoms with Gasteiger partial charge in [0.05, 0.1) is 20.1 Å². The van der Waals surface area contributed by atoms with E-state index in [1.54, 1.807) is 7.11 Å². The van der Waals surface area contributed by atoms with Crippen LogP contribution in [0.5, 0.6) is 5.75 Å². The Hall–Kier alpha value is -1.51. The molecule has 0 amide bonds. The van der Waals surface area contributed by atoms with E-state index in [2.05, 4.69) is 6.07 Å². The van der Waals surface area contributed by atoms with Crippen LogP contribution >= 0.6 is 0 Å². The minimum absolute atomic E-state index is 0.182. The van der Waals surface area contributed by atoms with Gasteiger partial charge >= 0.3 is 5.97 Å². The van der Waals surface area contributed by atoms with Gasteiger partial charge in [0.15, 0.2) is 0 Å². The van der Waals surface area contributed by atoms with Crippen LogP contribution in [-0.4, -0.2) is 19.7 Å². The van der Waals surface area contributed by atoms with E-state index in [1.807, 2.05) is 19.1 Å². The zero-order valence-corrected chi connectivity index (χ0v) is 10.4. The number of hydrogen-bond donors (Lipinski definition) is 0. The van der Waals surface area contributed by atoms with Gasteiger partial charge in [-0.2, -0.15) is 0 Å². The molecule has 0 atom stereocenters. The first kappa shape index (κ1) is 12.0. The van der Waals surface area contributed by atoms with Crippen LogP contribution in [0.3, 0.4) is 0 Å². The highest BCUT2D eigenvalue weighted by Gasteiger charge is 2.28. The fourth-order valence-corrected chi connectivity index (χ4v) is 2.10. The molecule has 2 rings (SSSR count). The lowest BCUT2D eigenvalue weighted by Crippen LogP contribution is -2.10. The zero-order chi connectivity index (χ0) is 12.3. The Bertz CT molecular complexity index is 408. The minimum atomic E-state index is -0.182. The first-order valence-electron chi connectivity index (χ1n) is 6.07. The Morgan fingerprint density at radius 1 is 1.41 bits per heavy atom. The van der Waals surface area contributed by atoms with Crippen molar-refractivity contribution in [2.24, 2.45) is 0 Å². The van der Waals surface area contributed by atoms with Gasteiger partial charge in [0.25, 0.3) is 0 Å². The second-order valence-corrected chi connectivity index (χ2v) is 4.28. The topological polar surface area (TPSA) is 35.5 Å². The Morgan fingerprint density at radius 2 is 2.18 bits per heavy atom. The molecule has 1 saturated carbocycles. The molecule has 0 N–H and O–H groups in total. The Kier molecular flexibility index (Phi) is 3.67. The molecular formula is C14H18O3. The Balaban J connectivity index is 2.25. The number of hydrogen-bond acceptors (Lipinski definition) is 3. The van der Waals surface area contributed by atoms with E-state index in [4.69, 9.17) is 9.47 Å². The number of esters is 1. The van der Waals surface area contributed by atoms with Gasteiger partial charge < -0.3 is 9.47 Å². The van der Waals surface area contributed by atoms with Crippen molar-refractivity contribution < 1.29 is 14.3 Å². The summed E-state index contributed by atoms with van der Waals surface area (Å²) in [5.41, 5.74) is 2.24. The molecule has 0 unspecified atom stereocenters. The van der Waals surface area contributed by atoms with E-state index in [-0.39, 0.29) is 5.97 Å². The van der Waals surface area contributed by atoms with Gasteiger partial charge in [0.2, 0.25) is 0 Å². The Morgan fingerprint density at radius 3 is 2.76 bits per heavy atom. The van der Waals surface area contributed by atoms with Crippen LogP contribution in [0.2, 0.25) is 0 Å². The molecule has 3 nitrogen and oxygen atoms in total. The molecule has 0 saturated heterocycles. The second kappa shape index (κ2) is 5.21. The summed E-state index contributed by atoms with van der Waals surface area (Å²) in [4.78, 5) is 11.6. The minimum Gasteiger partial charge on any atom is -0.496 e. The van der Waals surface area contributed by atoms with Crippen molar-refractivity contribution in [2.45, 2.75) is 32.1 Å². The molecule has 17 heavy (non-hydrogen) atoms. The van der Waals surface area contributed by atoms with Crippen LogP contribution < -0.4 is 4.74 Å². The maximum Gasteiger partial charge on any atom is 0.310 e. The summed E-state index contributed by atoms with van der Waals surface area (Å²) in [6.07, 6.45) is 2.73. The van der Waals surface area contributed by atoms with Crippen LogP contribution in [0.15, 0.2) is 18.2 Å². The smallest absolute Gasteiger partial charge is 0.310 e. The highest BCUT2D eigenvalue weighted by Crippen LogP contribution is 2.43. The number of carbonyl (C=O) groups is 1. The quantitative estimate of drug-likeness (QED) is 0.735. The normalized spacial score (nSPS) is 14.5. The van der Waals surface area contributed by atoms with Crippen LogP contribution in [-0.2, 0) is 16.0 Å². The van der Waals surface area contributed by atoms with Crippen molar-refractivity contribution in [1.29, 1.82) is 0 Å². The molecule has 0 bridgehead atoms. The largest absolute Gasteiger partial charge is 0.496 e. The SMILES string of the molecule is CCOC(=O)Cc1c(OC)cccc1C1CC1. The lowest BCUT2D eigenvalue weighted by Gasteiger charge is -2.12. The number of rotatable bonds is 5. The van der Waals surface area contributed by atoms with Crippen molar-refractivity contribution in [3.63, 3.8) is 0 Å². The van der Waals surface area contributed by atoms with E-state index in [9.17, 15) is 4.79 Å². The van der Waals surface area contributed by atoms with Gasteiger partial charge in [-0.25, -0.2) is 0 Å². The van der Waals surface area contributed by atoms with Gasteiger partial charge in [0.1, 0.15) is 5.75 Å². The molecule has 1 aliphatic rings. The molecule has 0 spiro atoms. The maximum atomic E-state index is 11.6. The van der Waals surface area contributed by atoms with Crippen LogP contribution in [0.4, 0.5) is 0 Å². The fourth-order valence-electron chi connectivity index (χ4n) is 2.10. The predicted octanol–water partition coefficient (Wildman–Crippen LogP) is 2.68. The molecule has 0 heterocycles. The van der Waals surface area contributed by atoms with E-state index >= 15 is 0 Å². The van der Waals surface area contributed by atoms with Gasteiger partial charge in [0, 0.05) is 5.56 Å². The molecular weight excluding hydrogens is 216 g/mol. The van der Waals surface area contributed by atoms with Crippen molar-refractivity contribution >= 4 is 5.97 Å². The first-order chi connectivity index (χ1) is 8.26. The molecule has 1 aromatic carbocycles. The average Bonchev–Trinajstić information content (AvgIpc) is 3.13. The summed E-state index contributed by atoms with van der Waals surface area (Å²) in [7, 11) is 1.64. The van der Waals surface area contributed by atoms with E-state index in [0.29, 0.717) is 18.9 Å². The summed E-state index contributed by atoms with van der Waals surface area (Å²) < 4.78 is 10.3. The predicted molar refractivity (Wildman–Crippen MR) is 65.3 cm³/mol. The van der Waals surface area contributed by atoms with Crippen molar-refractivity contribution in [2.75, 3.05) is 13.7 Å². The van der Waals surface area contributed by atoms with Crippen LogP contribution in [0.1, 0.15) is 36.8 Å². The summed E-state index contributed by atoms with van der Waals surface area (Å²) in [6, 6.07) is 5.98. The number of methoxy groups -OCH3 is 1. The molecule has 3 heteroatoms. The summed E-state index contributed by atoms with van der Waals surface area (Å²) in [5, 5.41) is 0. The lowest BCUT2D eigenvalue weighted by molar-refractivity contribution is -0.142. The molecule has 0 aliphatic heterocycles.